The summed E-state index contributed by atoms with van der Waals surface area (Å²) < 4.78 is 7.59. The van der Waals surface area contributed by atoms with E-state index in [0.717, 1.165) is 20.1 Å². The minimum absolute atomic E-state index is 0.0212. The number of hydrogen-bond donors (Lipinski definition) is 1. The molecule has 3 aromatic rings. The van der Waals surface area contributed by atoms with Gasteiger partial charge in [0.15, 0.2) is 0 Å². The molecule has 0 aromatic heterocycles. The van der Waals surface area contributed by atoms with Gasteiger partial charge >= 0.3 is 0 Å². The van der Waals surface area contributed by atoms with E-state index < -0.39 is 5.91 Å². The number of benzene rings is 3. The first kappa shape index (κ1) is 23.1. The number of rotatable bonds is 6. The predicted octanol–water partition coefficient (Wildman–Crippen LogP) is 7.30. The van der Waals surface area contributed by atoms with Crippen molar-refractivity contribution in [1.29, 1.82) is 5.26 Å². The number of hydrogen-bond acceptors (Lipinski definition) is 3. The highest BCUT2D eigenvalue weighted by Crippen LogP contribution is 2.28. The molecule has 0 saturated heterocycles. The summed E-state index contributed by atoms with van der Waals surface area (Å²) in [6.45, 7) is 2.30. The van der Waals surface area contributed by atoms with E-state index in [2.05, 4.69) is 37.2 Å². The van der Waals surface area contributed by atoms with Crippen molar-refractivity contribution in [1.82, 2.24) is 0 Å². The first-order valence-corrected chi connectivity index (χ1v) is 11.2. The number of aryl methyl sites for hydroxylation is 1. The van der Waals surface area contributed by atoms with Crippen LogP contribution in [0.15, 0.2) is 75.2 Å². The third kappa shape index (κ3) is 6.44. The Balaban J connectivity index is 1.70. The van der Waals surface area contributed by atoms with E-state index in [1.807, 2.05) is 37.3 Å². The number of nitrogens with one attached hydrogen (secondary N) is 1. The van der Waals surface area contributed by atoms with Crippen LogP contribution in [0.1, 0.15) is 16.7 Å². The molecule has 0 unspecified atom stereocenters. The van der Waals surface area contributed by atoms with Gasteiger partial charge in [0.25, 0.3) is 5.91 Å². The molecular formula is C24H17Br2ClN2O2. The first-order valence-electron chi connectivity index (χ1n) is 9.22. The molecule has 0 aliphatic heterocycles. The van der Waals surface area contributed by atoms with Gasteiger partial charge in [-0.15, -0.1) is 0 Å². The number of nitrogens with zero attached hydrogens (tertiary/aromatic N) is 1. The summed E-state index contributed by atoms with van der Waals surface area (Å²) in [7, 11) is 0. The SMILES string of the molecule is Cc1ccc(NC(=O)/C(C#N)=C/c2ccc(OCc3ccc(Br)cc3)c(Br)c2)cc1Cl. The molecule has 0 fully saturated rings. The van der Waals surface area contributed by atoms with E-state index in [9.17, 15) is 10.1 Å². The second kappa shape index (κ2) is 10.6. The zero-order valence-electron chi connectivity index (χ0n) is 16.5. The van der Waals surface area contributed by atoms with E-state index in [4.69, 9.17) is 16.3 Å². The summed E-state index contributed by atoms with van der Waals surface area (Å²) in [6, 6.07) is 20.4. The van der Waals surface area contributed by atoms with Crippen LogP contribution in [0.4, 0.5) is 5.69 Å². The molecule has 0 spiro atoms. The van der Waals surface area contributed by atoms with Gasteiger partial charge in [-0.1, -0.05) is 51.8 Å². The number of anilines is 1. The van der Waals surface area contributed by atoms with Crippen molar-refractivity contribution in [3.05, 3.63) is 96.9 Å². The van der Waals surface area contributed by atoms with E-state index in [1.54, 1.807) is 36.4 Å². The minimum atomic E-state index is -0.505. The van der Waals surface area contributed by atoms with Gasteiger partial charge in [0, 0.05) is 15.2 Å². The molecular weight excluding hydrogens is 544 g/mol. The lowest BCUT2D eigenvalue weighted by Crippen LogP contribution is -2.13. The molecule has 4 nitrogen and oxygen atoms in total. The lowest BCUT2D eigenvalue weighted by molar-refractivity contribution is -0.112. The monoisotopic (exact) mass is 558 g/mol. The molecule has 0 radical (unpaired) electrons. The minimum Gasteiger partial charge on any atom is -0.488 e. The maximum Gasteiger partial charge on any atom is 0.266 e. The van der Waals surface area contributed by atoms with E-state index in [1.165, 1.54) is 6.08 Å². The summed E-state index contributed by atoms with van der Waals surface area (Å²) in [5.74, 6) is 0.159. The molecule has 0 heterocycles. The summed E-state index contributed by atoms with van der Waals surface area (Å²) in [6.07, 6.45) is 1.52. The zero-order valence-corrected chi connectivity index (χ0v) is 20.4. The normalized spacial score (nSPS) is 11.0. The highest BCUT2D eigenvalue weighted by molar-refractivity contribution is 9.10. The Bertz CT molecular complexity index is 1190. The average molecular weight is 561 g/mol. The van der Waals surface area contributed by atoms with Crippen molar-refractivity contribution in [3.8, 4) is 11.8 Å². The average Bonchev–Trinajstić information content (AvgIpc) is 2.75. The zero-order chi connectivity index (χ0) is 22.4. The fraction of sp³-hybridized carbons (Fsp3) is 0.0833. The van der Waals surface area contributed by atoms with Crippen LogP contribution in [0, 0.1) is 18.3 Å². The van der Waals surface area contributed by atoms with E-state index in [-0.39, 0.29) is 5.57 Å². The number of nitriles is 1. The summed E-state index contributed by atoms with van der Waals surface area (Å²) in [5, 5.41) is 12.7. The Morgan fingerprint density at radius 1 is 1.13 bits per heavy atom. The fourth-order valence-electron chi connectivity index (χ4n) is 2.65. The van der Waals surface area contributed by atoms with Crippen molar-refractivity contribution >= 4 is 61.1 Å². The maximum absolute atomic E-state index is 12.5. The van der Waals surface area contributed by atoms with Crippen LogP contribution in [0.25, 0.3) is 6.08 Å². The van der Waals surface area contributed by atoms with Crippen LogP contribution in [-0.2, 0) is 11.4 Å². The molecule has 156 valence electrons. The van der Waals surface area contributed by atoms with Crippen LogP contribution in [0.2, 0.25) is 5.02 Å². The fourth-order valence-corrected chi connectivity index (χ4v) is 3.61. The van der Waals surface area contributed by atoms with Crippen molar-refractivity contribution in [2.24, 2.45) is 0 Å². The Labute approximate surface area is 202 Å². The Morgan fingerprint density at radius 2 is 1.87 bits per heavy atom. The van der Waals surface area contributed by atoms with Gasteiger partial charge in [-0.2, -0.15) is 5.26 Å². The molecule has 7 heteroatoms. The lowest BCUT2D eigenvalue weighted by atomic mass is 10.1. The van der Waals surface area contributed by atoms with Gasteiger partial charge in [0.2, 0.25) is 0 Å². The topological polar surface area (TPSA) is 62.1 Å². The van der Waals surface area contributed by atoms with Crippen molar-refractivity contribution < 1.29 is 9.53 Å². The molecule has 0 bridgehead atoms. The molecule has 3 aromatic carbocycles. The molecule has 0 atom stereocenters. The van der Waals surface area contributed by atoms with Crippen LogP contribution in [0.3, 0.4) is 0 Å². The van der Waals surface area contributed by atoms with Crippen LogP contribution in [-0.4, -0.2) is 5.91 Å². The highest BCUT2D eigenvalue weighted by Gasteiger charge is 2.11. The molecule has 31 heavy (non-hydrogen) atoms. The molecule has 1 amide bonds. The maximum atomic E-state index is 12.5. The number of halogens is 3. The quantitative estimate of drug-likeness (QED) is 0.254. The predicted molar refractivity (Wildman–Crippen MR) is 131 cm³/mol. The third-order valence-corrected chi connectivity index (χ3v) is 5.92. The van der Waals surface area contributed by atoms with Gasteiger partial charge in [0.05, 0.1) is 4.47 Å². The Hall–Kier alpha value is -2.59. The second-order valence-corrected chi connectivity index (χ2v) is 8.87. The number of carbonyl (C=O) groups excluding carboxylic acids is 1. The molecule has 0 saturated carbocycles. The lowest BCUT2D eigenvalue weighted by Gasteiger charge is -2.09. The van der Waals surface area contributed by atoms with Gasteiger partial charge < -0.3 is 10.1 Å². The molecule has 0 aliphatic carbocycles. The van der Waals surface area contributed by atoms with Crippen LogP contribution < -0.4 is 10.1 Å². The molecule has 3 rings (SSSR count). The van der Waals surface area contributed by atoms with Crippen molar-refractivity contribution in [2.45, 2.75) is 13.5 Å². The summed E-state index contributed by atoms with van der Waals surface area (Å²) in [5.41, 5.74) is 3.14. The van der Waals surface area contributed by atoms with Gasteiger partial charge in [0.1, 0.15) is 24.0 Å². The van der Waals surface area contributed by atoms with E-state index >= 15 is 0 Å². The summed E-state index contributed by atoms with van der Waals surface area (Å²) >= 11 is 13.0. The van der Waals surface area contributed by atoms with Gasteiger partial charge in [-0.05, 0) is 82.0 Å². The standard InChI is InChI=1S/C24H17Br2ClN2O2/c1-15-2-8-20(12-22(15)27)29-24(30)18(13-28)10-17-5-9-23(21(26)11-17)31-14-16-3-6-19(25)7-4-16/h2-12H,14H2,1H3,(H,29,30)/b18-10+. The number of ether oxygens (including phenoxy) is 1. The molecule has 1 N–H and O–H groups in total. The van der Waals surface area contributed by atoms with Gasteiger partial charge in [-0.3, -0.25) is 4.79 Å². The number of amides is 1. The summed E-state index contributed by atoms with van der Waals surface area (Å²) in [4.78, 5) is 12.5. The Morgan fingerprint density at radius 3 is 2.52 bits per heavy atom. The highest BCUT2D eigenvalue weighted by atomic mass is 79.9. The first-order chi connectivity index (χ1) is 14.9. The molecule has 0 aliphatic rings. The second-order valence-electron chi connectivity index (χ2n) is 6.69. The van der Waals surface area contributed by atoms with Gasteiger partial charge in [-0.25, -0.2) is 0 Å². The number of carbonyl (C=O) groups is 1. The largest absolute Gasteiger partial charge is 0.488 e. The van der Waals surface area contributed by atoms with Crippen LogP contribution >= 0.6 is 43.5 Å². The smallest absolute Gasteiger partial charge is 0.266 e. The Kier molecular flexibility index (Phi) is 7.91. The van der Waals surface area contributed by atoms with Crippen molar-refractivity contribution in [2.75, 3.05) is 5.32 Å². The van der Waals surface area contributed by atoms with E-state index in [0.29, 0.717) is 28.6 Å². The van der Waals surface area contributed by atoms with Crippen molar-refractivity contribution in [3.63, 3.8) is 0 Å². The third-order valence-electron chi connectivity index (χ3n) is 4.37. The van der Waals surface area contributed by atoms with Crippen LogP contribution in [0.5, 0.6) is 5.75 Å².